The lowest BCUT2D eigenvalue weighted by Gasteiger charge is -2.03. The van der Waals surface area contributed by atoms with Crippen molar-refractivity contribution in [3.63, 3.8) is 0 Å². The Balaban J connectivity index is 1.54. The van der Waals surface area contributed by atoms with Gasteiger partial charge in [-0.2, -0.15) is 0 Å². The lowest BCUT2D eigenvalue weighted by molar-refractivity contribution is 0.611. The van der Waals surface area contributed by atoms with Crippen molar-refractivity contribution in [2.24, 2.45) is 0 Å². The van der Waals surface area contributed by atoms with Crippen molar-refractivity contribution in [2.45, 2.75) is 12.8 Å². The maximum atomic E-state index is 6.31. The second-order valence-electron chi connectivity index (χ2n) is 6.50. The summed E-state index contributed by atoms with van der Waals surface area (Å²) in [4.78, 5) is 18.0. The maximum Gasteiger partial charge on any atom is 0.247 e. The number of hydrogen-bond donors (Lipinski definition) is 0. The molecule has 6 heteroatoms. The second kappa shape index (κ2) is 7.02. The monoisotopic (exact) mass is 386 g/mol. The van der Waals surface area contributed by atoms with Gasteiger partial charge in [0.05, 0.1) is 17.2 Å². The standard InChI is InChI=1S/C22H15ClN4O/c23-15-11-14(8-9-16-5-3-4-10-24-16)21-19(12-15)27-22(28-21)20-13-25-17-6-1-2-7-18(17)26-20/h1-7,10-13H,8-9H2. The molecule has 0 amide bonds. The summed E-state index contributed by atoms with van der Waals surface area (Å²) in [6, 6.07) is 17.4. The van der Waals surface area contributed by atoms with Gasteiger partial charge in [-0.25, -0.2) is 9.97 Å². The lowest BCUT2D eigenvalue weighted by Crippen LogP contribution is -1.94. The molecule has 28 heavy (non-hydrogen) atoms. The number of oxazole rings is 1. The highest BCUT2D eigenvalue weighted by Gasteiger charge is 2.15. The van der Waals surface area contributed by atoms with E-state index in [0.29, 0.717) is 22.1 Å². The van der Waals surface area contributed by atoms with Crippen molar-refractivity contribution in [1.29, 1.82) is 0 Å². The molecule has 0 aliphatic rings. The highest BCUT2D eigenvalue weighted by molar-refractivity contribution is 6.31. The van der Waals surface area contributed by atoms with Crippen LogP contribution < -0.4 is 0 Å². The van der Waals surface area contributed by atoms with Crippen LogP contribution in [0.2, 0.25) is 5.02 Å². The molecule has 0 spiro atoms. The Kier molecular flexibility index (Phi) is 4.22. The van der Waals surface area contributed by atoms with Crippen molar-refractivity contribution >= 4 is 33.7 Å². The van der Waals surface area contributed by atoms with Crippen LogP contribution in [0.4, 0.5) is 0 Å². The van der Waals surface area contributed by atoms with E-state index in [-0.39, 0.29) is 0 Å². The van der Waals surface area contributed by atoms with E-state index < -0.39 is 0 Å². The van der Waals surface area contributed by atoms with Crippen LogP contribution in [0.5, 0.6) is 0 Å². The zero-order valence-corrected chi connectivity index (χ0v) is 15.6. The van der Waals surface area contributed by atoms with Crippen LogP contribution in [0, 0.1) is 0 Å². The van der Waals surface area contributed by atoms with Crippen molar-refractivity contribution in [2.75, 3.05) is 0 Å². The third kappa shape index (κ3) is 3.21. The smallest absolute Gasteiger partial charge is 0.247 e. The zero-order valence-electron chi connectivity index (χ0n) is 14.8. The normalized spacial score (nSPS) is 11.3. The number of para-hydroxylation sites is 2. The molecule has 0 saturated heterocycles. The number of fused-ring (bicyclic) bond motifs is 2. The van der Waals surface area contributed by atoms with Crippen molar-refractivity contribution in [3.05, 3.63) is 83.3 Å². The van der Waals surface area contributed by atoms with Gasteiger partial charge >= 0.3 is 0 Å². The van der Waals surface area contributed by atoms with Crippen LogP contribution >= 0.6 is 11.6 Å². The molecule has 0 atom stereocenters. The predicted octanol–water partition coefficient (Wildman–Crippen LogP) is 5.27. The van der Waals surface area contributed by atoms with Crippen molar-refractivity contribution in [3.8, 4) is 11.6 Å². The predicted molar refractivity (Wildman–Crippen MR) is 109 cm³/mol. The number of hydrogen-bond acceptors (Lipinski definition) is 5. The fourth-order valence-electron chi connectivity index (χ4n) is 3.23. The van der Waals surface area contributed by atoms with Gasteiger partial charge in [0.2, 0.25) is 5.89 Å². The maximum absolute atomic E-state index is 6.31. The Labute approximate surface area is 166 Å². The van der Waals surface area contributed by atoms with E-state index in [4.69, 9.17) is 16.0 Å². The lowest BCUT2D eigenvalue weighted by atomic mass is 10.1. The molecule has 5 aromatic rings. The van der Waals surface area contributed by atoms with Gasteiger partial charge < -0.3 is 4.42 Å². The molecule has 3 heterocycles. The minimum Gasteiger partial charge on any atom is -0.434 e. The summed E-state index contributed by atoms with van der Waals surface area (Å²) in [7, 11) is 0. The Bertz CT molecular complexity index is 1280. The van der Waals surface area contributed by atoms with Crippen molar-refractivity contribution < 1.29 is 4.42 Å². The molecule has 2 aromatic carbocycles. The Morgan fingerprint density at radius 1 is 0.821 bits per heavy atom. The van der Waals surface area contributed by atoms with Gasteiger partial charge in [-0.15, -0.1) is 0 Å². The van der Waals surface area contributed by atoms with Crippen molar-refractivity contribution in [1.82, 2.24) is 19.9 Å². The molecule has 136 valence electrons. The van der Waals surface area contributed by atoms with E-state index in [1.165, 1.54) is 0 Å². The molecule has 0 aliphatic carbocycles. The average molecular weight is 387 g/mol. The number of halogens is 1. The molecule has 3 aromatic heterocycles. The highest BCUT2D eigenvalue weighted by atomic mass is 35.5. The van der Waals surface area contributed by atoms with Gasteiger partial charge in [0.1, 0.15) is 11.2 Å². The number of aromatic nitrogens is 4. The molecule has 0 aliphatic heterocycles. The van der Waals surface area contributed by atoms with Crippen LogP contribution in [-0.2, 0) is 12.8 Å². The highest BCUT2D eigenvalue weighted by Crippen LogP contribution is 2.29. The van der Waals surface area contributed by atoms with Gasteiger partial charge in [-0.05, 0) is 54.8 Å². The number of nitrogens with zero attached hydrogens (tertiary/aromatic N) is 4. The Morgan fingerprint density at radius 2 is 1.68 bits per heavy atom. The number of pyridine rings is 1. The van der Waals surface area contributed by atoms with E-state index in [2.05, 4.69) is 19.9 Å². The van der Waals surface area contributed by atoms with E-state index in [9.17, 15) is 0 Å². The Morgan fingerprint density at radius 3 is 2.54 bits per heavy atom. The molecule has 0 saturated carbocycles. The first-order chi connectivity index (χ1) is 13.8. The summed E-state index contributed by atoms with van der Waals surface area (Å²) in [6.07, 6.45) is 5.03. The molecule has 5 nitrogen and oxygen atoms in total. The van der Waals surface area contributed by atoms with Gasteiger partial charge in [-0.3, -0.25) is 9.97 Å². The topological polar surface area (TPSA) is 64.7 Å². The second-order valence-corrected chi connectivity index (χ2v) is 6.93. The summed E-state index contributed by atoms with van der Waals surface area (Å²) in [5, 5.41) is 0.632. The summed E-state index contributed by atoms with van der Waals surface area (Å²) in [6.45, 7) is 0. The minimum atomic E-state index is 0.439. The largest absolute Gasteiger partial charge is 0.434 e. The number of rotatable bonds is 4. The van der Waals surface area contributed by atoms with Gasteiger partial charge in [0.15, 0.2) is 5.58 Å². The van der Waals surface area contributed by atoms with Crippen LogP contribution in [0.25, 0.3) is 33.7 Å². The molecule has 0 radical (unpaired) electrons. The van der Waals surface area contributed by atoms with Crippen LogP contribution in [0.15, 0.2) is 71.4 Å². The molecule has 0 bridgehead atoms. The number of benzene rings is 2. The first kappa shape index (κ1) is 16.8. The summed E-state index contributed by atoms with van der Waals surface area (Å²) in [5.41, 5.74) is 5.70. The van der Waals surface area contributed by atoms with Gasteiger partial charge in [0.25, 0.3) is 0 Å². The molecular weight excluding hydrogens is 372 g/mol. The summed E-state index contributed by atoms with van der Waals surface area (Å²) < 4.78 is 6.08. The fourth-order valence-corrected chi connectivity index (χ4v) is 3.46. The molecule has 5 rings (SSSR count). The first-order valence-electron chi connectivity index (χ1n) is 8.97. The average Bonchev–Trinajstić information content (AvgIpc) is 3.16. The SMILES string of the molecule is Clc1cc(CCc2ccccn2)c2oc(-c3cnc4ccccc4n3)nc2c1. The van der Waals surface area contributed by atoms with E-state index >= 15 is 0 Å². The molecule has 0 unspecified atom stereocenters. The van der Waals surface area contributed by atoms with Crippen LogP contribution in [-0.4, -0.2) is 19.9 Å². The number of aryl methyl sites for hydroxylation is 2. The first-order valence-corrected chi connectivity index (χ1v) is 9.35. The summed E-state index contributed by atoms with van der Waals surface area (Å²) in [5.74, 6) is 0.439. The molecule has 0 N–H and O–H groups in total. The molecule has 0 fully saturated rings. The van der Waals surface area contributed by atoms with E-state index in [0.717, 1.165) is 40.7 Å². The molecular formula is C22H15ClN4O. The third-order valence-corrected chi connectivity index (χ3v) is 4.79. The van der Waals surface area contributed by atoms with E-state index in [1.54, 1.807) is 12.4 Å². The van der Waals surface area contributed by atoms with E-state index in [1.807, 2.05) is 54.6 Å². The summed E-state index contributed by atoms with van der Waals surface area (Å²) >= 11 is 6.31. The van der Waals surface area contributed by atoms with Crippen LogP contribution in [0.3, 0.4) is 0 Å². The minimum absolute atomic E-state index is 0.439. The Hall–Kier alpha value is -3.31. The third-order valence-electron chi connectivity index (χ3n) is 4.58. The van der Waals surface area contributed by atoms with Crippen LogP contribution in [0.1, 0.15) is 11.3 Å². The zero-order chi connectivity index (χ0) is 18.9. The quantitative estimate of drug-likeness (QED) is 0.421. The van der Waals surface area contributed by atoms with Gasteiger partial charge in [-0.1, -0.05) is 29.8 Å². The van der Waals surface area contributed by atoms with Gasteiger partial charge in [0, 0.05) is 16.9 Å². The fraction of sp³-hybridized carbons (Fsp3) is 0.0909.